The fourth-order valence-electron chi connectivity index (χ4n) is 2.88. The standard InChI is InChI=1S/C17H22FN3O2S/c1-19-10-5-11-20-13-14-6-2-3-9-17(14)21(24(20,22)23)16-8-4-7-15(18)12-16/h2-4,6-9,12,19,22-23H,5,10-11,13H2,1H3. The van der Waals surface area contributed by atoms with E-state index in [1.165, 1.54) is 16.4 Å². The largest absolute Gasteiger partial charge is 0.320 e. The summed E-state index contributed by atoms with van der Waals surface area (Å²) in [5.74, 6) is -0.410. The lowest BCUT2D eigenvalue weighted by Gasteiger charge is -2.53. The summed E-state index contributed by atoms with van der Waals surface area (Å²) in [7, 11) is -1.39. The first-order valence-corrected chi connectivity index (χ1v) is 9.32. The van der Waals surface area contributed by atoms with Gasteiger partial charge in [0.1, 0.15) is 5.82 Å². The number of halogens is 1. The van der Waals surface area contributed by atoms with Crippen LogP contribution in [-0.4, -0.2) is 33.5 Å². The van der Waals surface area contributed by atoms with Crippen LogP contribution in [0.2, 0.25) is 0 Å². The Kier molecular flexibility index (Phi) is 5.07. The number of anilines is 2. The van der Waals surface area contributed by atoms with Gasteiger partial charge in [-0.3, -0.25) is 9.11 Å². The zero-order chi connectivity index (χ0) is 17.2. The third kappa shape index (κ3) is 3.26. The van der Waals surface area contributed by atoms with Crippen molar-refractivity contribution >= 4 is 22.3 Å². The van der Waals surface area contributed by atoms with E-state index in [4.69, 9.17) is 0 Å². The van der Waals surface area contributed by atoms with Crippen molar-refractivity contribution in [2.24, 2.45) is 0 Å². The van der Waals surface area contributed by atoms with Crippen LogP contribution in [0.3, 0.4) is 0 Å². The van der Waals surface area contributed by atoms with Crippen molar-refractivity contribution in [2.75, 3.05) is 24.4 Å². The van der Waals surface area contributed by atoms with Crippen LogP contribution in [0, 0.1) is 5.82 Å². The van der Waals surface area contributed by atoms with E-state index in [0.29, 0.717) is 24.5 Å². The van der Waals surface area contributed by atoms with Crippen LogP contribution >= 0.6 is 11.0 Å². The van der Waals surface area contributed by atoms with Gasteiger partial charge >= 0.3 is 0 Å². The second-order valence-electron chi connectivity index (χ2n) is 5.71. The average Bonchev–Trinajstić information content (AvgIpc) is 2.55. The van der Waals surface area contributed by atoms with Crippen molar-refractivity contribution < 1.29 is 13.5 Å². The van der Waals surface area contributed by atoms with E-state index in [1.807, 2.05) is 31.3 Å². The van der Waals surface area contributed by atoms with Gasteiger partial charge in [0.15, 0.2) is 0 Å². The molecule has 5 nitrogen and oxygen atoms in total. The maximum atomic E-state index is 13.7. The Hall–Kier alpha value is -1.64. The van der Waals surface area contributed by atoms with E-state index in [0.717, 1.165) is 18.5 Å². The second-order valence-corrected chi connectivity index (χ2v) is 7.57. The van der Waals surface area contributed by atoms with Crippen molar-refractivity contribution in [1.29, 1.82) is 0 Å². The second kappa shape index (κ2) is 7.08. The minimum Gasteiger partial charge on any atom is -0.320 e. The van der Waals surface area contributed by atoms with Gasteiger partial charge in [-0.05, 0) is 60.8 Å². The van der Waals surface area contributed by atoms with Crippen LogP contribution in [0.15, 0.2) is 48.5 Å². The average molecular weight is 351 g/mol. The summed E-state index contributed by atoms with van der Waals surface area (Å²) < 4.78 is 38.7. The molecule has 2 aromatic rings. The number of hydrogen-bond donors (Lipinski definition) is 3. The molecule has 0 radical (unpaired) electrons. The van der Waals surface area contributed by atoms with Crippen LogP contribution in [0.5, 0.6) is 0 Å². The molecule has 0 bridgehead atoms. The van der Waals surface area contributed by atoms with Crippen molar-refractivity contribution in [3.63, 3.8) is 0 Å². The smallest absolute Gasteiger partial charge is 0.125 e. The first kappa shape index (κ1) is 17.2. The Morgan fingerprint density at radius 3 is 2.71 bits per heavy atom. The molecule has 0 spiro atoms. The van der Waals surface area contributed by atoms with Crippen LogP contribution in [0.4, 0.5) is 15.8 Å². The van der Waals surface area contributed by atoms with Gasteiger partial charge in [0.2, 0.25) is 0 Å². The molecule has 24 heavy (non-hydrogen) atoms. The molecular formula is C17H22FN3O2S. The molecule has 0 amide bonds. The molecule has 130 valence electrons. The third-order valence-electron chi connectivity index (χ3n) is 4.03. The van der Waals surface area contributed by atoms with Gasteiger partial charge in [-0.15, -0.1) is 0 Å². The molecule has 2 aromatic carbocycles. The summed E-state index contributed by atoms with van der Waals surface area (Å²) >= 11 is 0. The van der Waals surface area contributed by atoms with Crippen molar-refractivity contribution in [3.8, 4) is 0 Å². The Labute approximate surface area is 143 Å². The molecule has 0 saturated carbocycles. The highest BCUT2D eigenvalue weighted by Crippen LogP contribution is 2.58. The molecule has 0 saturated heterocycles. The molecular weight excluding hydrogens is 329 g/mol. The maximum absolute atomic E-state index is 13.7. The Morgan fingerprint density at radius 1 is 1.17 bits per heavy atom. The molecule has 0 unspecified atom stereocenters. The van der Waals surface area contributed by atoms with E-state index in [9.17, 15) is 13.5 Å². The number of rotatable bonds is 5. The van der Waals surface area contributed by atoms with E-state index in [-0.39, 0.29) is 0 Å². The number of para-hydroxylation sites is 1. The number of hydrogen-bond acceptors (Lipinski definition) is 5. The van der Waals surface area contributed by atoms with Crippen LogP contribution in [0.1, 0.15) is 12.0 Å². The Morgan fingerprint density at radius 2 is 1.96 bits per heavy atom. The molecule has 3 rings (SSSR count). The summed E-state index contributed by atoms with van der Waals surface area (Å²) in [4.78, 5) is 0. The fraction of sp³-hybridized carbons (Fsp3) is 0.294. The molecule has 1 heterocycles. The van der Waals surface area contributed by atoms with E-state index in [2.05, 4.69) is 5.32 Å². The number of nitrogens with one attached hydrogen (secondary N) is 1. The van der Waals surface area contributed by atoms with Gasteiger partial charge in [0, 0.05) is 13.1 Å². The van der Waals surface area contributed by atoms with Crippen LogP contribution in [0.25, 0.3) is 0 Å². The summed E-state index contributed by atoms with van der Waals surface area (Å²) in [6.07, 6.45) is 0.783. The van der Waals surface area contributed by atoms with Gasteiger partial charge in [0.05, 0.1) is 11.4 Å². The van der Waals surface area contributed by atoms with Crippen molar-refractivity contribution in [1.82, 2.24) is 9.62 Å². The van der Waals surface area contributed by atoms with Gasteiger partial charge in [-0.1, -0.05) is 24.3 Å². The molecule has 0 atom stereocenters. The highest BCUT2D eigenvalue weighted by molar-refractivity contribution is 8.23. The van der Waals surface area contributed by atoms with Crippen LogP contribution < -0.4 is 9.62 Å². The molecule has 1 aliphatic rings. The molecule has 0 aliphatic carbocycles. The summed E-state index contributed by atoms with van der Waals surface area (Å²) in [5, 5.41) is 3.06. The first-order chi connectivity index (χ1) is 11.5. The lowest BCUT2D eigenvalue weighted by Crippen LogP contribution is -2.42. The Balaban J connectivity index is 2.03. The molecule has 3 N–H and O–H groups in total. The van der Waals surface area contributed by atoms with E-state index >= 15 is 0 Å². The lowest BCUT2D eigenvalue weighted by molar-refractivity contribution is 0.331. The third-order valence-corrected chi connectivity index (χ3v) is 5.93. The van der Waals surface area contributed by atoms with Gasteiger partial charge in [-0.2, -0.15) is 4.31 Å². The molecule has 1 aliphatic heterocycles. The van der Waals surface area contributed by atoms with Crippen molar-refractivity contribution in [3.05, 3.63) is 59.9 Å². The highest BCUT2D eigenvalue weighted by Gasteiger charge is 2.37. The first-order valence-electron chi connectivity index (χ1n) is 7.85. The fourth-order valence-corrected chi connectivity index (χ4v) is 4.64. The molecule has 7 heteroatoms. The quantitative estimate of drug-likeness (QED) is 0.712. The normalized spacial score (nSPS) is 18.2. The highest BCUT2D eigenvalue weighted by atomic mass is 32.3. The molecule has 0 aromatic heterocycles. The number of fused-ring (bicyclic) bond motifs is 1. The SMILES string of the molecule is CNCCCN1Cc2ccccc2N(c2cccc(F)c2)S1(O)O. The number of nitrogens with zero attached hydrogens (tertiary/aromatic N) is 2. The monoisotopic (exact) mass is 351 g/mol. The van der Waals surface area contributed by atoms with E-state index < -0.39 is 16.8 Å². The summed E-state index contributed by atoms with van der Waals surface area (Å²) in [6, 6.07) is 13.5. The predicted molar refractivity (Wildman–Crippen MR) is 96.8 cm³/mol. The van der Waals surface area contributed by atoms with Gasteiger partial charge in [-0.25, -0.2) is 8.70 Å². The zero-order valence-corrected chi connectivity index (χ0v) is 14.3. The summed E-state index contributed by atoms with van der Waals surface area (Å²) in [5.41, 5.74) is 2.12. The van der Waals surface area contributed by atoms with Crippen molar-refractivity contribution in [2.45, 2.75) is 13.0 Å². The zero-order valence-electron chi connectivity index (χ0n) is 13.5. The topological polar surface area (TPSA) is 59.0 Å². The Bertz CT molecular complexity index is 714. The summed E-state index contributed by atoms with van der Waals surface area (Å²) in [6.45, 7) is 1.77. The van der Waals surface area contributed by atoms with Gasteiger partial charge in [0.25, 0.3) is 0 Å². The lowest BCUT2D eigenvalue weighted by atomic mass is 10.1. The van der Waals surface area contributed by atoms with Gasteiger partial charge < -0.3 is 5.32 Å². The minimum atomic E-state index is -3.26. The minimum absolute atomic E-state index is 0.410. The molecule has 0 fully saturated rings. The van der Waals surface area contributed by atoms with Crippen LogP contribution in [-0.2, 0) is 6.54 Å². The predicted octanol–water partition coefficient (Wildman–Crippen LogP) is 3.97. The number of benzene rings is 2. The maximum Gasteiger partial charge on any atom is 0.125 e. The van der Waals surface area contributed by atoms with E-state index in [1.54, 1.807) is 16.4 Å².